The fourth-order valence-corrected chi connectivity index (χ4v) is 1.21. The minimum Gasteiger partial charge on any atom is -0.478 e. The number of aromatic nitrogens is 2. The van der Waals surface area contributed by atoms with Gasteiger partial charge in [-0.15, -0.1) is 0 Å². The van der Waals surface area contributed by atoms with Crippen LogP contribution in [0.2, 0.25) is 0 Å². The summed E-state index contributed by atoms with van der Waals surface area (Å²) in [7, 11) is 0. The highest BCUT2D eigenvalue weighted by Crippen LogP contribution is 2.13. The van der Waals surface area contributed by atoms with E-state index in [1.165, 1.54) is 0 Å². The van der Waals surface area contributed by atoms with E-state index in [2.05, 4.69) is 22.2 Å². The topological polar surface area (TPSA) is 73.1 Å². The third kappa shape index (κ3) is 4.02. The second kappa shape index (κ2) is 6.27. The van der Waals surface area contributed by atoms with Crippen molar-refractivity contribution in [1.29, 1.82) is 0 Å². The first-order valence-electron chi connectivity index (χ1n) is 5.58. The summed E-state index contributed by atoms with van der Waals surface area (Å²) in [4.78, 5) is 8.45. The first-order chi connectivity index (χ1) is 7.65. The molecule has 3 N–H and O–H groups in total. The molecule has 0 aliphatic heterocycles. The molecule has 1 aromatic rings. The Morgan fingerprint density at radius 3 is 2.88 bits per heavy atom. The second-order valence-electron chi connectivity index (χ2n) is 3.79. The smallest absolute Gasteiger partial charge is 0.218 e. The predicted molar refractivity (Wildman–Crippen MR) is 64.6 cm³/mol. The predicted octanol–water partition coefficient (Wildman–Crippen LogP) is 1.19. The van der Waals surface area contributed by atoms with E-state index in [-0.39, 0.29) is 0 Å². The SMILES string of the molecule is CCOc1cc(NCC(C)CN)nc(C)n1. The Labute approximate surface area is 96.4 Å². The monoisotopic (exact) mass is 224 g/mol. The van der Waals surface area contributed by atoms with Crippen molar-refractivity contribution in [1.82, 2.24) is 9.97 Å². The molecule has 0 aliphatic carbocycles. The van der Waals surface area contributed by atoms with Crippen LogP contribution in [0, 0.1) is 12.8 Å². The van der Waals surface area contributed by atoms with Crippen LogP contribution in [-0.2, 0) is 0 Å². The highest BCUT2D eigenvalue weighted by Gasteiger charge is 2.04. The summed E-state index contributed by atoms with van der Waals surface area (Å²) >= 11 is 0. The Kier molecular flexibility index (Phi) is 4.98. The molecule has 0 aliphatic rings. The molecule has 0 saturated heterocycles. The van der Waals surface area contributed by atoms with Crippen molar-refractivity contribution < 1.29 is 4.74 Å². The van der Waals surface area contributed by atoms with Gasteiger partial charge in [0.2, 0.25) is 5.88 Å². The van der Waals surface area contributed by atoms with E-state index in [9.17, 15) is 0 Å². The third-order valence-corrected chi connectivity index (χ3v) is 2.14. The number of ether oxygens (including phenoxy) is 1. The Morgan fingerprint density at radius 1 is 1.50 bits per heavy atom. The first kappa shape index (κ1) is 12.7. The van der Waals surface area contributed by atoms with Crippen LogP contribution in [0.1, 0.15) is 19.7 Å². The molecule has 5 nitrogen and oxygen atoms in total. The summed E-state index contributed by atoms with van der Waals surface area (Å²) in [6, 6.07) is 1.81. The van der Waals surface area contributed by atoms with Crippen molar-refractivity contribution in [2.45, 2.75) is 20.8 Å². The standard InChI is InChI=1S/C11H20N4O/c1-4-16-11-5-10(14-9(3)15-11)13-7-8(2)6-12/h5,8H,4,6-7,12H2,1-3H3,(H,13,14,15). The summed E-state index contributed by atoms with van der Waals surface area (Å²) in [5.41, 5.74) is 5.55. The molecule has 1 unspecified atom stereocenters. The lowest BCUT2D eigenvalue weighted by Gasteiger charge is -2.11. The average Bonchev–Trinajstić information content (AvgIpc) is 2.25. The molecule has 1 atom stereocenters. The molecule has 16 heavy (non-hydrogen) atoms. The lowest BCUT2D eigenvalue weighted by molar-refractivity contribution is 0.325. The highest BCUT2D eigenvalue weighted by atomic mass is 16.5. The molecule has 0 saturated carbocycles. The molecule has 1 rings (SSSR count). The zero-order chi connectivity index (χ0) is 12.0. The molecule has 90 valence electrons. The third-order valence-electron chi connectivity index (χ3n) is 2.14. The van der Waals surface area contributed by atoms with Crippen LogP contribution in [0.25, 0.3) is 0 Å². The van der Waals surface area contributed by atoms with Crippen LogP contribution < -0.4 is 15.8 Å². The average molecular weight is 224 g/mol. The van der Waals surface area contributed by atoms with E-state index in [0.717, 1.165) is 12.4 Å². The van der Waals surface area contributed by atoms with Crippen molar-refractivity contribution >= 4 is 5.82 Å². The minimum absolute atomic E-state index is 0.422. The minimum atomic E-state index is 0.422. The molecule has 0 amide bonds. The van der Waals surface area contributed by atoms with Crippen LogP contribution in [0.15, 0.2) is 6.07 Å². The van der Waals surface area contributed by atoms with Crippen molar-refractivity contribution in [3.05, 3.63) is 11.9 Å². The molecule has 1 heterocycles. The molecule has 5 heteroatoms. The van der Waals surface area contributed by atoms with Crippen molar-refractivity contribution in [3.63, 3.8) is 0 Å². The van der Waals surface area contributed by atoms with Gasteiger partial charge in [0.25, 0.3) is 0 Å². The lowest BCUT2D eigenvalue weighted by atomic mass is 10.2. The maximum absolute atomic E-state index is 5.55. The summed E-state index contributed by atoms with van der Waals surface area (Å²) in [6.07, 6.45) is 0. The molecule has 0 bridgehead atoms. The van der Waals surface area contributed by atoms with Gasteiger partial charge in [-0.1, -0.05) is 6.92 Å². The Hall–Kier alpha value is -1.36. The Bertz CT molecular complexity index is 330. The summed E-state index contributed by atoms with van der Waals surface area (Å²) in [5.74, 6) is 2.52. The van der Waals surface area contributed by atoms with Crippen molar-refractivity contribution in [2.75, 3.05) is 25.0 Å². The van der Waals surface area contributed by atoms with Crippen LogP contribution in [0.4, 0.5) is 5.82 Å². The number of nitrogens with one attached hydrogen (secondary N) is 1. The van der Waals surface area contributed by atoms with E-state index in [1.54, 1.807) is 6.07 Å². The molecule has 0 radical (unpaired) electrons. The van der Waals surface area contributed by atoms with Gasteiger partial charge in [0.1, 0.15) is 11.6 Å². The van der Waals surface area contributed by atoms with Crippen LogP contribution in [0.5, 0.6) is 5.88 Å². The summed E-state index contributed by atoms with van der Waals surface area (Å²) < 4.78 is 5.34. The first-order valence-corrected chi connectivity index (χ1v) is 5.58. The van der Waals surface area contributed by atoms with Gasteiger partial charge < -0.3 is 15.8 Å². The molecular weight excluding hydrogens is 204 g/mol. The number of nitrogens with zero attached hydrogens (tertiary/aromatic N) is 2. The largest absolute Gasteiger partial charge is 0.478 e. The molecular formula is C11H20N4O. The fourth-order valence-electron chi connectivity index (χ4n) is 1.21. The normalized spacial score (nSPS) is 12.2. The highest BCUT2D eigenvalue weighted by molar-refractivity contribution is 5.38. The van der Waals surface area contributed by atoms with Gasteiger partial charge in [-0.05, 0) is 26.3 Å². The number of anilines is 1. The molecule has 0 aromatic carbocycles. The zero-order valence-electron chi connectivity index (χ0n) is 10.2. The van der Waals surface area contributed by atoms with Gasteiger partial charge in [-0.25, -0.2) is 4.98 Å². The van der Waals surface area contributed by atoms with Gasteiger partial charge in [0.05, 0.1) is 6.61 Å². The van der Waals surface area contributed by atoms with E-state index in [1.807, 2.05) is 13.8 Å². The van der Waals surface area contributed by atoms with Crippen LogP contribution in [0.3, 0.4) is 0 Å². The molecule has 0 fully saturated rings. The molecule has 0 spiro atoms. The zero-order valence-corrected chi connectivity index (χ0v) is 10.2. The van der Waals surface area contributed by atoms with E-state index >= 15 is 0 Å². The number of rotatable bonds is 6. The second-order valence-corrected chi connectivity index (χ2v) is 3.79. The van der Waals surface area contributed by atoms with Gasteiger partial charge in [0.15, 0.2) is 0 Å². The molecule has 1 aromatic heterocycles. The summed E-state index contributed by atoms with van der Waals surface area (Å²) in [6.45, 7) is 7.94. The Morgan fingerprint density at radius 2 is 2.25 bits per heavy atom. The summed E-state index contributed by atoms with van der Waals surface area (Å²) in [5, 5.41) is 3.22. The lowest BCUT2D eigenvalue weighted by Crippen LogP contribution is -2.20. The van der Waals surface area contributed by atoms with Crippen LogP contribution >= 0.6 is 0 Å². The van der Waals surface area contributed by atoms with Crippen molar-refractivity contribution in [2.24, 2.45) is 11.7 Å². The number of hydrogen-bond donors (Lipinski definition) is 2. The quantitative estimate of drug-likeness (QED) is 0.759. The van der Waals surface area contributed by atoms with Crippen LogP contribution in [-0.4, -0.2) is 29.7 Å². The fraction of sp³-hybridized carbons (Fsp3) is 0.636. The van der Waals surface area contributed by atoms with E-state index in [0.29, 0.717) is 30.8 Å². The number of nitrogens with two attached hydrogens (primary N) is 1. The van der Waals surface area contributed by atoms with Crippen molar-refractivity contribution in [3.8, 4) is 5.88 Å². The number of aryl methyl sites for hydroxylation is 1. The van der Waals surface area contributed by atoms with Gasteiger partial charge in [-0.3, -0.25) is 0 Å². The van der Waals surface area contributed by atoms with Gasteiger partial charge in [0, 0.05) is 12.6 Å². The number of hydrogen-bond acceptors (Lipinski definition) is 5. The van der Waals surface area contributed by atoms with E-state index < -0.39 is 0 Å². The van der Waals surface area contributed by atoms with Gasteiger partial charge >= 0.3 is 0 Å². The Balaban J connectivity index is 2.64. The van der Waals surface area contributed by atoms with E-state index in [4.69, 9.17) is 10.5 Å². The maximum atomic E-state index is 5.55. The maximum Gasteiger partial charge on any atom is 0.218 e. The van der Waals surface area contributed by atoms with Gasteiger partial charge in [-0.2, -0.15) is 4.98 Å².